The van der Waals surface area contributed by atoms with Crippen LogP contribution in [0.25, 0.3) is 22.2 Å². The van der Waals surface area contributed by atoms with Gasteiger partial charge in [-0.3, -0.25) is 9.69 Å². The molecule has 0 spiro atoms. The van der Waals surface area contributed by atoms with E-state index in [0.717, 1.165) is 35.4 Å². The molecule has 2 heterocycles. The third-order valence-electron chi connectivity index (χ3n) is 5.45. The summed E-state index contributed by atoms with van der Waals surface area (Å²) in [6.45, 7) is 2.81. The second-order valence-electron chi connectivity index (χ2n) is 7.28. The maximum absolute atomic E-state index is 13.4. The second-order valence-corrected chi connectivity index (χ2v) is 7.28. The molecule has 1 aliphatic rings. The van der Waals surface area contributed by atoms with E-state index in [1.54, 1.807) is 7.11 Å². The van der Waals surface area contributed by atoms with Crippen molar-refractivity contribution in [2.75, 3.05) is 20.2 Å². The number of methoxy groups -OCH3 is 1. The molecule has 0 radical (unpaired) electrons. The molecule has 4 heteroatoms. The molecular formula is C23H26N2O2. The van der Waals surface area contributed by atoms with Crippen molar-refractivity contribution in [2.45, 2.75) is 32.2 Å². The van der Waals surface area contributed by atoms with Crippen molar-refractivity contribution in [1.82, 2.24) is 9.88 Å². The lowest BCUT2D eigenvalue weighted by Crippen LogP contribution is -2.28. The van der Waals surface area contributed by atoms with Crippen LogP contribution in [0.1, 0.15) is 31.2 Å². The molecule has 3 aromatic rings. The molecule has 1 aliphatic heterocycles. The number of nitrogens with zero attached hydrogens (tertiary/aromatic N) is 1. The average molecular weight is 362 g/mol. The minimum absolute atomic E-state index is 0.103. The van der Waals surface area contributed by atoms with Gasteiger partial charge in [0.05, 0.1) is 18.3 Å². The van der Waals surface area contributed by atoms with E-state index in [1.165, 1.54) is 25.7 Å². The van der Waals surface area contributed by atoms with Gasteiger partial charge in [0.15, 0.2) is 5.43 Å². The van der Waals surface area contributed by atoms with Crippen LogP contribution in [0, 0.1) is 0 Å². The van der Waals surface area contributed by atoms with E-state index >= 15 is 0 Å². The molecule has 1 aromatic heterocycles. The number of hydrogen-bond acceptors (Lipinski definition) is 3. The number of benzene rings is 2. The molecule has 4 nitrogen and oxygen atoms in total. The summed E-state index contributed by atoms with van der Waals surface area (Å²) in [7, 11) is 1.63. The van der Waals surface area contributed by atoms with Crippen molar-refractivity contribution in [3.63, 3.8) is 0 Å². The molecule has 1 fully saturated rings. The monoisotopic (exact) mass is 362 g/mol. The first-order valence-corrected chi connectivity index (χ1v) is 9.77. The van der Waals surface area contributed by atoms with Gasteiger partial charge < -0.3 is 9.72 Å². The fraction of sp³-hybridized carbons (Fsp3) is 0.348. The summed E-state index contributed by atoms with van der Waals surface area (Å²) < 4.78 is 5.34. The van der Waals surface area contributed by atoms with Crippen LogP contribution in [0.4, 0.5) is 0 Å². The fourth-order valence-electron chi connectivity index (χ4n) is 3.95. The van der Waals surface area contributed by atoms with Gasteiger partial charge in [-0.25, -0.2) is 0 Å². The maximum atomic E-state index is 13.4. The van der Waals surface area contributed by atoms with Crippen molar-refractivity contribution < 1.29 is 4.74 Å². The molecule has 1 saturated heterocycles. The van der Waals surface area contributed by atoms with Crippen molar-refractivity contribution in [1.29, 1.82) is 0 Å². The van der Waals surface area contributed by atoms with Gasteiger partial charge in [-0.1, -0.05) is 43.2 Å². The number of hydrogen-bond donors (Lipinski definition) is 1. The SMILES string of the molecule is COc1ccc2[nH]c(-c3ccccc3)c(CN3CCCCCC3)c(=O)c2c1. The Balaban J connectivity index is 1.86. The van der Waals surface area contributed by atoms with Crippen LogP contribution in [0.3, 0.4) is 0 Å². The fourth-order valence-corrected chi connectivity index (χ4v) is 3.95. The number of likely N-dealkylation sites (tertiary alicyclic amines) is 1. The first-order chi connectivity index (χ1) is 13.3. The Morgan fingerprint density at radius 2 is 1.74 bits per heavy atom. The second kappa shape index (κ2) is 7.97. The van der Waals surface area contributed by atoms with E-state index in [1.807, 2.05) is 36.4 Å². The lowest BCUT2D eigenvalue weighted by molar-refractivity contribution is 0.276. The Morgan fingerprint density at radius 3 is 2.44 bits per heavy atom. The van der Waals surface area contributed by atoms with E-state index in [0.29, 0.717) is 17.7 Å². The molecule has 0 saturated carbocycles. The minimum Gasteiger partial charge on any atom is -0.497 e. The molecule has 0 aliphatic carbocycles. The zero-order valence-electron chi connectivity index (χ0n) is 15.8. The van der Waals surface area contributed by atoms with Gasteiger partial charge in [0, 0.05) is 17.5 Å². The zero-order chi connectivity index (χ0) is 18.6. The third-order valence-corrected chi connectivity index (χ3v) is 5.45. The van der Waals surface area contributed by atoms with Crippen molar-refractivity contribution in [3.05, 3.63) is 64.3 Å². The third kappa shape index (κ3) is 3.76. The number of pyridine rings is 1. The normalized spacial score (nSPS) is 15.6. The van der Waals surface area contributed by atoms with E-state index in [9.17, 15) is 4.79 Å². The molecule has 140 valence electrons. The average Bonchev–Trinajstić information content (AvgIpc) is 2.99. The Morgan fingerprint density at radius 1 is 1.00 bits per heavy atom. The highest BCUT2D eigenvalue weighted by Gasteiger charge is 2.18. The van der Waals surface area contributed by atoms with Crippen molar-refractivity contribution >= 4 is 10.9 Å². The summed E-state index contributed by atoms with van der Waals surface area (Å²) in [5.41, 5.74) is 3.79. The van der Waals surface area contributed by atoms with Gasteiger partial charge in [0.1, 0.15) is 5.75 Å². The number of ether oxygens (including phenoxy) is 1. The standard InChI is InChI=1S/C23H26N2O2/c1-27-18-11-12-21-19(15-18)23(26)20(16-25-13-7-2-3-8-14-25)22(24-21)17-9-5-4-6-10-17/h4-6,9-12,15H,2-3,7-8,13-14,16H2,1H3,(H,24,26). The lowest BCUT2D eigenvalue weighted by Gasteiger charge is -2.21. The van der Waals surface area contributed by atoms with Crippen LogP contribution in [0.5, 0.6) is 5.75 Å². The highest BCUT2D eigenvalue weighted by molar-refractivity contribution is 5.84. The summed E-state index contributed by atoms with van der Waals surface area (Å²) in [6.07, 6.45) is 4.99. The summed E-state index contributed by atoms with van der Waals surface area (Å²) in [4.78, 5) is 19.4. The smallest absolute Gasteiger partial charge is 0.194 e. The summed E-state index contributed by atoms with van der Waals surface area (Å²) in [5, 5.41) is 0.693. The molecule has 0 atom stereocenters. The predicted molar refractivity (Wildman–Crippen MR) is 110 cm³/mol. The summed E-state index contributed by atoms with van der Waals surface area (Å²) >= 11 is 0. The maximum Gasteiger partial charge on any atom is 0.194 e. The van der Waals surface area contributed by atoms with Gasteiger partial charge >= 0.3 is 0 Å². The van der Waals surface area contributed by atoms with Gasteiger partial charge in [-0.15, -0.1) is 0 Å². The number of aromatic nitrogens is 1. The number of fused-ring (bicyclic) bond motifs is 1. The molecule has 4 rings (SSSR count). The van der Waals surface area contributed by atoms with Crippen LogP contribution in [0.15, 0.2) is 53.3 Å². The number of aromatic amines is 1. The van der Waals surface area contributed by atoms with Crippen molar-refractivity contribution in [2.24, 2.45) is 0 Å². The molecular weight excluding hydrogens is 336 g/mol. The van der Waals surface area contributed by atoms with E-state index in [2.05, 4.69) is 22.0 Å². The predicted octanol–water partition coefficient (Wildman–Crippen LogP) is 4.58. The van der Waals surface area contributed by atoms with Crippen LogP contribution in [-0.4, -0.2) is 30.1 Å². The number of nitrogens with one attached hydrogen (secondary N) is 1. The van der Waals surface area contributed by atoms with Gasteiger partial charge in [0.25, 0.3) is 0 Å². The Labute approximate surface area is 159 Å². The molecule has 27 heavy (non-hydrogen) atoms. The molecule has 0 unspecified atom stereocenters. The van der Waals surface area contributed by atoms with Crippen LogP contribution in [0.2, 0.25) is 0 Å². The topological polar surface area (TPSA) is 45.3 Å². The van der Waals surface area contributed by atoms with E-state index < -0.39 is 0 Å². The molecule has 0 bridgehead atoms. The van der Waals surface area contributed by atoms with Crippen LogP contribution >= 0.6 is 0 Å². The molecule has 2 aromatic carbocycles. The van der Waals surface area contributed by atoms with Gasteiger partial charge in [0.2, 0.25) is 0 Å². The summed E-state index contributed by atoms with van der Waals surface area (Å²) in [5.74, 6) is 0.709. The lowest BCUT2D eigenvalue weighted by atomic mass is 10.0. The molecule has 0 amide bonds. The Bertz CT molecular complexity index is 971. The van der Waals surface area contributed by atoms with E-state index in [-0.39, 0.29) is 5.43 Å². The highest BCUT2D eigenvalue weighted by atomic mass is 16.5. The highest BCUT2D eigenvalue weighted by Crippen LogP contribution is 2.26. The van der Waals surface area contributed by atoms with Crippen molar-refractivity contribution in [3.8, 4) is 17.0 Å². The Hall–Kier alpha value is -2.59. The first kappa shape index (κ1) is 17.8. The largest absolute Gasteiger partial charge is 0.497 e. The van der Waals surface area contributed by atoms with Gasteiger partial charge in [-0.2, -0.15) is 0 Å². The van der Waals surface area contributed by atoms with Crippen LogP contribution in [-0.2, 0) is 6.54 Å². The molecule has 1 N–H and O–H groups in total. The number of rotatable bonds is 4. The summed E-state index contributed by atoms with van der Waals surface area (Å²) in [6, 6.07) is 15.8. The Kier molecular flexibility index (Phi) is 5.26. The zero-order valence-corrected chi connectivity index (χ0v) is 15.8. The van der Waals surface area contributed by atoms with E-state index in [4.69, 9.17) is 4.74 Å². The minimum atomic E-state index is 0.103. The first-order valence-electron chi connectivity index (χ1n) is 9.77. The van der Waals surface area contributed by atoms with Gasteiger partial charge in [-0.05, 0) is 49.7 Å². The number of H-pyrrole nitrogens is 1. The quantitative estimate of drug-likeness (QED) is 0.739. The van der Waals surface area contributed by atoms with Crippen LogP contribution < -0.4 is 10.2 Å².